The first-order valence-electron chi connectivity index (χ1n) is 7.38. The summed E-state index contributed by atoms with van der Waals surface area (Å²) < 4.78 is 4.84. The van der Waals surface area contributed by atoms with E-state index in [1.807, 2.05) is 6.07 Å². The molecule has 0 fully saturated rings. The van der Waals surface area contributed by atoms with Gasteiger partial charge in [0.05, 0.1) is 18.1 Å². The predicted octanol–water partition coefficient (Wildman–Crippen LogP) is 2.30. The minimum absolute atomic E-state index is 0.0595. The molecule has 0 radical (unpaired) electrons. The van der Waals surface area contributed by atoms with E-state index >= 15 is 0 Å². The number of H-pyrrole nitrogens is 1. The number of rotatable bonds is 5. The van der Waals surface area contributed by atoms with Crippen LogP contribution in [0.5, 0.6) is 0 Å². The van der Waals surface area contributed by atoms with Gasteiger partial charge in [0.2, 0.25) is 0 Å². The number of ether oxygens (including phenoxy) is 1. The van der Waals surface area contributed by atoms with Crippen LogP contribution in [0.4, 0.5) is 0 Å². The van der Waals surface area contributed by atoms with Gasteiger partial charge in [0.1, 0.15) is 0 Å². The van der Waals surface area contributed by atoms with E-state index in [2.05, 4.69) is 9.97 Å². The number of benzene rings is 1. The van der Waals surface area contributed by atoms with E-state index in [1.165, 1.54) is 7.11 Å². The summed E-state index contributed by atoms with van der Waals surface area (Å²) in [4.78, 5) is 32.0. The Morgan fingerprint density at radius 3 is 2.62 bits per heavy atom. The fourth-order valence-corrected chi connectivity index (χ4v) is 2.91. The van der Waals surface area contributed by atoms with Crippen molar-refractivity contribution < 1.29 is 19.4 Å². The van der Waals surface area contributed by atoms with Gasteiger partial charge in [-0.1, -0.05) is 30.3 Å². The van der Waals surface area contributed by atoms with Crippen LogP contribution in [0.3, 0.4) is 0 Å². The lowest BCUT2D eigenvalue weighted by molar-refractivity contribution is -0.160. The number of carboxylic acids is 1. The highest BCUT2D eigenvalue weighted by Crippen LogP contribution is 2.32. The Kier molecular flexibility index (Phi) is 4.04. The molecule has 0 aliphatic carbocycles. The Bertz CT molecular complexity index is 888. The molecule has 0 aliphatic heterocycles. The monoisotopic (exact) mass is 324 g/mol. The molecule has 2 aromatic heterocycles. The summed E-state index contributed by atoms with van der Waals surface area (Å²) in [7, 11) is 1.19. The number of aromatic amines is 1. The van der Waals surface area contributed by atoms with E-state index in [0.29, 0.717) is 16.6 Å². The highest BCUT2D eigenvalue weighted by atomic mass is 16.5. The van der Waals surface area contributed by atoms with Gasteiger partial charge in [0, 0.05) is 18.8 Å². The predicted molar refractivity (Wildman–Crippen MR) is 87.6 cm³/mol. The Hall–Kier alpha value is -3.15. The third kappa shape index (κ3) is 2.42. The lowest BCUT2D eigenvalue weighted by atomic mass is 9.75. The minimum Gasteiger partial charge on any atom is -0.480 e. The number of carbonyl (C=O) groups is 2. The van der Waals surface area contributed by atoms with E-state index in [4.69, 9.17) is 4.74 Å². The zero-order valence-corrected chi connectivity index (χ0v) is 13.0. The van der Waals surface area contributed by atoms with Crippen molar-refractivity contribution >= 4 is 23.0 Å². The Balaban J connectivity index is 2.18. The summed E-state index contributed by atoms with van der Waals surface area (Å²) in [6.45, 7) is 0. The van der Waals surface area contributed by atoms with Crippen LogP contribution in [0, 0.1) is 0 Å². The number of fused-ring (bicyclic) bond motifs is 1. The number of methoxy groups -OCH3 is 1. The summed E-state index contributed by atoms with van der Waals surface area (Å²) in [6.07, 6.45) is 3.25. The molecule has 0 saturated carbocycles. The van der Waals surface area contributed by atoms with Gasteiger partial charge >= 0.3 is 11.9 Å². The average Bonchev–Trinajstić information content (AvgIpc) is 3.02. The first-order valence-corrected chi connectivity index (χ1v) is 7.38. The molecule has 1 atom stereocenters. The summed E-state index contributed by atoms with van der Waals surface area (Å²) in [5.74, 6) is -2.07. The number of hydrogen-bond acceptors (Lipinski definition) is 4. The molecule has 3 rings (SSSR count). The summed E-state index contributed by atoms with van der Waals surface area (Å²) in [5.41, 5.74) is 0.604. The molecule has 0 bridgehead atoms. The van der Waals surface area contributed by atoms with Crippen molar-refractivity contribution in [3.05, 3.63) is 66.0 Å². The number of nitrogens with one attached hydrogen (secondary N) is 1. The van der Waals surface area contributed by atoms with Crippen LogP contribution < -0.4 is 0 Å². The molecule has 0 saturated heterocycles. The number of pyridine rings is 1. The molecule has 2 heterocycles. The summed E-state index contributed by atoms with van der Waals surface area (Å²) in [6, 6.07) is 12.0. The maximum absolute atomic E-state index is 12.5. The van der Waals surface area contributed by atoms with Gasteiger partial charge in [0.15, 0.2) is 5.41 Å². The molecule has 24 heavy (non-hydrogen) atoms. The molecule has 2 N–H and O–H groups in total. The molecule has 6 nitrogen and oxygen atoms in total. The van der Waals surface area contributed by atoms with Crippen molar-refractivity contribution in [2.45, 2.75) is 11.8 Å². The smallest absolute Gasteiger partial charge is 0.328 e. The molecular formula is C18H16N2O4. The number of esters is 1. The lowest BCUT2D eigenvalue weighted by Gasteiger charge is -2.26. The highest BCUT2D eigenvalue weighted by Gasteiger charge is 2.49. The van der Waals surface area contributed by atoms with Crippen molar-refractivity contribution in [3.63, 3.8) is 0 Å². The number of carboxylic acid groups (broad SMARTS) is 1. The van der Waals surface area contributed by atoms with Crippen LogP contribution in [-0.4, -0.2) is 34.1 Å². The molecule has 0 amide bonds. The third-order valence-corrected chi connectivity index (χ3v) is 4.13. The standard InChI is InChI=1S/C18H16N2O4/c1-24-17(23)18(16(21)22,13-6-3-2-4-7-13)10-12-11-20-14-8-5-9-19-15(12)14/h2-9,11,20H,10H2,1H3,(H,21,22). The van der Waals surface area contributed by atoms with Gasteiger partial charge in [-0.05, 0) is 23.3 Å². The number of nitrogens with zero attached hydrogens (tertiary/aromatic N) is 1. The molecule has 0 aliphatic rings. The van der Waals surface area contributed by atoms with E-state index < -0.39 is 17.4 Å². The van der Waals surface area contributed by atoms with Crippen LogP contribution in [-0.2, 0) is 26.2 Å². The van der Waals surface area contributed by atoms with Gasteiger partial charge in [-0.2, -0.15) is 0 Å². The lowest BCUT2D eigenvalue weighted by Crippen LogP contribution is -2.46. The van der Waals surface area contributed by atoms with Gasteiger partial charge in [-0.25, -0.2) is 0 Å². The van der Waals surface area contributed by atoms with Gasteiger partial charge in [-0.15, -0.1) is 0 Å². The maximum atomic E-state index is 12.5. The summed E-state index contributed by atoms with van der Waals surface area (Å²) in [5, 5.41) is 9.92. The second-order valence-corrected chi connectivity index (χ2v) is 5.46. The fraction of sp³-hybridized carbons (Fsp3) is 0.167. The molecule has 1 unspecified atom stereocenters. The van der Waals surface area contributed by atoms with Crippen molar-refractivity contribution in [1.29, 1.82) is 0 Å². The zero-order valence-electron chi connectivity index (χ0n) is 13.0. The SMILES string of the molecule is COC(=O)C(Cc1c[nH]c2cccnc12)(C(=O)O)c1ccccc1. The van der Waals surface area contributed by atoms with Crippen LogP contribution >= 0.6 is 0 Å². The Morgan fingerprint density at radius 2 is 1.96 bits per heavy atom. The molecule has 6 heteroatoms. The van der Waals surface area contributed by atoms with Gasteiger partial charge in [-0.3, -0.25) is 14.6 Å². The Labute approximate surface area is 138 Å². The average molecular weight is 324 g/mol. The fourth-order valence-electron chi connectivity index (χ4n) is 2.91. The normalized spacial score (nSPS) is 13.4. The van der Waals surface area contributed by atoms with E-state index in [-0.39, 0.29) is 6.42 Å². The van der Waals surface area contributed by atoms with Crippen LogP contribution in [0.25, 0.3) is 11.0 Å². The number of aliphatic carboxylic acids is 1. The molecule has 0 spiro atoms. The van der Waals surface area contributed by atoms with Crippen molar-refractivity contribution in [2.75, 3.05) is 7.11 Å². The maximum Gasteiger partial charge on any atom is 0.328 e. The second kappa shape index (κ2) is 6.16. The minimum atomic E-state index is -1.83. The molecule has 122 valence electrons. The second-order valence-electron chi connectivity index (χ2n) is 5.46. The zero-order chi connectivity index (χ0) is 17.2. The first kappa shape index (κ1) is 15.7. The van der Waals surface area contributed by atoms with Crippen molar-refractivity contribution in [1.82, 2.24) is 9.97 Å². The van der Waals surface area contributed by atoms with Crippen molar-refractivity contribution in [2.24, 2.45) is 0 Å². The van der Waals surface area contributed by atoms with E-state index in [0.717, 1.165) is 5.52 Å². The van der Waals surface area contributed by atoms with E-state index in [1.54, 1.807) is 48.8 Å². The largest absolute Gasteiger partial charge is 0.480 e. The number of aromatic nitrogens is 2. The van der Waals surface area contributed by atoms with Crippen LogP contribution in [0.2, 0.25) is 0 Å². The van der Waals surface area contributed by atoms with Gasteiger partial charge < -0.3 is 14.8 Å². The molecule has 1 aromatic carbocycles. The molecular weight excluding hydrogens is 308 g/mol. The third-order valence-electron chi connectivity index (χ3n) is 4.13. The van der Waals surface area contributed by atoms with Crippen molar-refractivity contribution in [3.8, 4) is 0 Å². The van der Waals surface area contributed by atoms with Gasteiger partial charge in [0.25, 0.3) is 0 Å². The molecule has 3 aromatic rings. The quantitative estimate of drug-likeness (QED) is 0.555. The number of carbonyl (C=O) groups excluding carboxylic acids is 1. The van der Waals surface area contributed by atoms with Crippen LogP contribution in [0.15, 0.2) is 54.9 Å². The summed E-state index contributed by atoms with van der Waals surface area (Å²) >= 11 is 0. The van der Waals surface area contributed by atoms with E-state index in [9.17, 15) is 14.7 Å². The topological polar surface area (TPSA) is 92.3 Å². The Morgan fingerprint density at radius 1 is 1.21 bits per heavy atom. The van der Waals surface area contributed by atoms with Crippen LogP contribution in [0.1, 0.15) is 11.1 Å². The number of hydrogen-bond donors (Lipinski definition) is 2. The first-order chi connectivity index (χ1) is 11.6. The highest BCUT2D eigenvalue weighted by molar-refractivity contribution is 6.06.